The summed E-state index contributed by atoms with van der Waals surface area (Å²) in [6, 6.07) is 19.1. The molecule has 142 valence electrons. The average Bonchev–Trinajstić information content (AvgIpc) is 3.51. The van der Waals surface area contributed by atoms with Crippen molar-refractivity contribution < 1.29 is 9.53 Å². The zero-order valence-electron chi connectivity index (χ0n) is 15.8. The number of benzene rings is 2. The van der Waals surface area contributed by atoms with Crippen LogP contribution in [0.1, 0.15) is 24.0 Å². The Morgan fingerprint density at radius 2 is 1.86 bits per heavy atom. The smallest absolute Gasteiger partial charge is 0.236 e. The lowest BCUT2D eigenvalue weighted by Crippen LogP contribution is -2.28. The maximum atomic E-state index is 13.0. The van der Waals surface area contributed by atoms with Gasteiger partial charge in [0.15, 0.2) is 0 Å². The summed E-state index contributed by atoms with van der Waals surface area (Å²) in [7, 11) is 1.63. The highest BCUT2D eigenvalue weighted by Gasteiger charge is 2.51. The Balaban J connectivity index is 1.59. The number of nitrogens with zero attached hydrogens (tertiary/aromatic N) is 1. The van der Waals surface area contributed by atoms with E-state index in [0.717, 1.165) is 41.0 Å². The van der Waals surface area contributed by atoms with Crippen molar-refractivity contribution in [1.82, 2.24) is 4.98 Å². The van der Waals surface area contributed by atoms with Crippen molar-refractivity contribution in [3.8, 4) is 17.0 Å². The predicted molar refractivity (Wildman–Crippen MR) is 112 cm³/mol. The van der Waals surface area contributed by atoms with Gasteiger partial charge in [-0.2, -0.15) is 0 Å². The first-order valence-corrected chi connectivity index (χ1v) is 9.59. The van der Waals surface area contributed by atoms with Crippen LogP contribution in [0.3, 0.4) is 0 Å². The number of methoxy groups -OCH3 is 1. The number of carbonyl (C=O) groups is 1. The Morgan fingerprint density at radius 1 is 1.11 bits per heavy atom. The van der Waals surface area contributed by atoms with Crippen LogP contribution in [-0.4, -0.2) is 18.0 Å². The number of hydrogen-bond donors (Lipinski definition) is 1. The highest BCUT2D eigenvalue weighted by molar-refractivity contribution is 6.30. The van der Waals surface area contributed by atoms with Gasteiger partial charge in [0.25, 0.3) is 0 Å². The molecule has 1 aliphatic rings. The van der Waals surface area contributed by atoms with Crippen LogP contribution in [0, 0.1) is 6.92 Å². The van der Waals surface area contributed by atoms with Crippen molar-refractivity contribution in [1.29, 1.82) is 0 Å². The lowest BCUT2D eigenvalue weighted by Gasteiger charge is -2.17. The summed E-state index contributed by atoms with van der Waals surface area (Å²) in [4.78, 5) is 17.7. The number of halogens is 1. The molecule has 4 rings (SSSR count). The summed E-state index contributed by atoms with van der Waals surface area (Å²) in [5, 5.41) is 3.67. The van der Waals surface area contributed by atoms with Gasteiger partial charge in [-0.3, -0.25) is 4.79 Å². The van der Waals surface area contributed by atoms with E-state index in [0.29, 0.717) is 10.8 Å². The van der Waals surface area contributed by atoms with Gasteiger partial charge in [0.2, 0.25) is 5.91 Å². The second-order valence-electron chi connectivity index (χ2n) is 7.14. The van der Waals surface area contributed by atoms with Gasteiger partial charge in [-0.25, -0.2) is 4.98 Å². The molecule has 0 aliphatic heterocycles. The number of amides is 1. The third-order valence-corrected chi connectivity index (χ3v) is 5.50. The first-order valence-electron chi connectivity index (χ1n) is 9.21. The number of rotatable bonds is 5. The average molecular weight is 393 g/mol. The summed E-state index contributed by atoms with van der Waals surface area (Å²) < 4.78 is 5.21. The van der Waals surface area contributed by atoms with E-state index in [1.54, 1.807) is 7.11 Å². The van der Waals surface area contributed by atoms with Crippen LogP contribution >= 0.6 is 11.6 Å². The van der Waals surface area contributed by atoms with Crippen molar-refractivity contribution in [3.63, 3.8) is 0 Å². The standard InChI is InChI=1S/C23H21ClN2O2/c1-15-6-11-20(25-21(15)16-4-3-5-18(24)14-16)26-22(27)23(12-13-23)17-7-9-19(28-2)10-8-17/h3-11,14H,12-13H2,1-2H3,(H,25,26,27). The van der Waals surface area contributed by atoms with Crippen LogP contribution in [0.25, 0.3) is 11.3 Å². The van der Waals surface area contributed by atoms with Crippen LogP contribution in [0.5, 0.6) is 5.75 Å². The first-order chi connectivity index (χ1) is 13.5. The fourth-order valence-electron chi connectivity index (χ4n) is 3.44. The summed E-state index contributed by atoms with van der Waals surface area (Å²) in [5.41, 5.74) is 3.30. The number of ether oxygens (including phenoxy) is 1. The van der Waals surface area contributed by atoms with Crippen LogP contribution in [0.4, 0.5) is 5.82 Å². The zero-order chi connectivity index (χ0) is 19.7. The maximum Gasteiger partial charge on any atom is 0.236 e. The molecule has 0 unspecified atom stereocenters. The van der Waals surface area contributed by atoms with Crippen molar-refractivity contribution >= 4 is 23.3 Å². The third-order valence-electron chi connectivity index (χ3n) is 5.26. The molecule has 5 heteroatoms. The van der Waals surface area contributed by atoms with E-state index in [2.05, 4.69) is 10.3 Å². The Hall–Kier alpha value is -2.85. The molecule has 0 atom stereocenters. The third kappa shape index (κ3) is 3.48. The van der Waals surface area contributed by atoms with Crippen molar-refractivity contribution in [2.75, 3.05) is 12.4 Å². The van der Waals surface area contributed by atoms with Gasteiger partial charge in [-0.1, -0.05) is 41.9 Å². The summed E-state index contributed by atoms with van der Waals surface area (Å²) in [6.07, 6.45) is 1.66. The molecule has 1 saturated carbocycles. The summed E-state index contributed by atoms with van der Waals surface area (Å²) in [5.74, 6) is 1.31. The highest BCUT2D eigenvalue weighted by Crippen LogP contribution is 2.49. The van der Waals surface area contributed by atoms with Crippen LogP contribution < -0.4 is 10.1 Å². The molecule has 4 nitrogen and oxygen atoms in total. The van der Waals surface area contributed by atoms with E-state index in [1.165, 1.54) is 0 Å². The van der Waals surface area contributed by atoms with Gasteiger partial charge < -0.3 is 10.1 Å². The summed E-state index contributed by atoms with van der Waals surface area (Å²) >= 11 is 6.12. The van der Waals surface area contributed by atoms with Crippen molar-refractivity contribution in [3.05, 3.63) is 76.8 Å². The molecule has 1 fully saturated rings. The Labute approximate surface area is 169 Å². The summed E-state index contributed by atoms with van der Waals surface area (Å²) in [6.45, 7) is 1.99. The molecule has 1 N–H and O–H groups in total. The van der Waals surface area contributed by atoms with E-state index in [1.807, 2.05) is 67.6 Å². The number of aromatic nitrogens is 1. The van der Waals surface area contributed by atoms with E-state index < -0.39 is 5.41 Å². The SMILES string of the molecule is COc1ccc(C2(C(=O)Nc3ccc(C)c(-c4cccc(Cl)c4)n3)CC2)cc1. The topological polar surface area (TPSA) is 51.2 Å². The van der Waals surface area contributed by atoms with Gasteiger partial charge >= 0.3 is 0 Å². The lowest BCUT2D eigenvalue weighted by atomic mass is 9.95. The largest absolute Gasteiger partial charge is 0.497 e. The fraction of sp³-hybridized carbons (Fsp3) is 0.217. The molecule has 0 saturated heterocycles. The number of nitrogens with one attached hydrogen (secondary N) is 1. The molecule has 0 spiro atoms. The molecule has 1 heterocycles. The van der Waals surface area contributed by atoms with Gasteiger partial charge in [0, 0.05) is 10.6 Å². The van der Waals surface area contributed by atoms with Crippen LogP contribution in [0.15, 0.2) is 60.7 Å². The molecule has 2 aromatic carbocycles. The molecule has 28 heavy (non-hydrogen) atoms. The monoisotopic (exact) mass is 392 g/mol. The second kappa shape index (κ2) is 7.28. The van der Waals surface area contributed by atoms with E-state index in [9.17, 15) is 4.79 Å². The zero-order valence-corrected chi connectivity index (χ0v) is 16.6. The number of hydrogen-bond acceptors (Lipinski definition) is 3. The van der Waals surface area contributed by atoms with Crippen molar-refractivity contribution in [2.45, 2.75) is 25.2 Å². The molecular formula is C23H21ClN2O2. The normalized spacial score (nSPS) is 14.4. The quantitative estimate of drug-likeness (QED) is 0.633. The lowest BCUT2D eigenvalue weighted by molar-refractivity contribution is -0.118. The highest BCUT2D eigenvalue weighted by atomic mass is 35.5. The Kier molecular flexibility index (Phi) is 4.82. The molecule has 3 aromatic rings. The van der Waals surface area contributed by atoms with E-state index >= 15 is 0 Å². The van der Waals surface area contributed by atoms with Gasteiger partial charge in [0.1, 0.15) is 11.6 Å². The number of carbonyl (C=O) groups excluding carboxylic acids is 1. The van der Waals surface area contributed by atoms with Gasteiger partial charge in [0.05, 0.1) is 18.2 Å². The van der Waals surface area contributed by atoms with E-state index in [4.69, 9.17) is 16.3 Å². The Morgan fingerprint density at radius 3 is 2.50 bits per heavy atom. The van der Waals surface area contributed by atoms with Gasteiger partial charge in [-0.05, 0) is 61.2 Å². The number of anilines is 1. The van der Waals surface area contributed by atoms with Crippen molar-refractivity contribution in [2.24, 2.45) is 0 Å². The van der Waals surface area contributed by atoms with E-state index in [-0.39, 0.29) is 5.91 Å². The molecule has 1 aliphatic carbocycles. The van der Waals surface area contributed by atoms with Crippen LogP contribution in [0.2, 0.25) is 5.02 Å². The Bertz CT molecular complexity index is 1030. The number of aryl methyl sites for hydroxylation is 1. The molecule has 0 bridgehead atoms. The molecule has 1 amide bonds. The van der Waals surface area contributed by atoms with Crippen LogP contribution in [-0.2, 0) is 10.2 Å². The predicted octanol–water partition coefficient (Wildman–Crippen LogP) is 5.39. The minimum absolute atomic E-state index is 0.0222. The molecule has 1 aromatic heterocycles. The fourth-order valence-corrected chi connectivity index (χ4v) is 3.63. The maximum absolute atomic E-state index is 13.0. The minimum Gasteiger partial charge on any atom is -0.497 e. The first kappa shape index (κ1) is 18.5. The second-order valence-corrected chi connectivity index (χ2v) is 7.57. The van der Waals surface area contributed by atoms with Gasteiger partial charge in [-0.15, -0.1) is 0 Å². The molecule has 0 radical (unpaired) electrons. The minimum atomic E-state index is -0.477. The molecular weight excluding hydrogens is 372 g/mol. The number of pyridine rings is 1.